The monoisotopic (exact) mass is 251 g/mol. The predicted molar refractivity (Wildman–Crippen MR) is 63.2 cm³/mol. The maximum Gasteiger partial charge on any atom is 0.220 e. The fourth-order valence-electron chi connectivity index (χ4n) is 1.30. The second kappa shape index (κ2) is 7.99. The van der Waals surface area contributed by atoms with Crippen LogP contribution in [-0.4, -0.2) is 41.2 Å². The molecule has 1 aromatic heterocycles. The van der Waals surface area contributed by atoms with E-state index in [0.29, 0.717) is 13.0 Å². The number of carbonyl (C=O) groups is 2. The van der Waals surface area contributed by atoms with E-state index >= 15 is 0 Å². The molecule has 1 rings (SSSR count). The molecular formula is C11H15N4O3. The SMILES string of the molecule is O=[C]CNC(=O)CCC(=O)NCCc1c[nH]cn1. The smallest absolute Gasteiger partial charge is 0.220 e. The number of carbonyl (C=O) groups excluding carboxylic acids is 3. The van der Waals surface area contributed by atoms with Crippen LogP contribution in [0, 0.1) is 0 Å². The van der Waals surface area contributed by atoms with Crippen molar-refractivity contribution >= 4 is 18.1 Å². The van der Waals surface area contributed by atoms with Crippen LogP contribution in [0.2, 0.25) is 0 Å². The van der Waals surface area contributed by atoms with Gasteiger partial charge in [-0.2, -0.15) is 0 Å². The van der Waals surface area contributed by atoms with Crippen molar-refractivity contribution in [2.45, 2.75) is 19.3 Å². The summed E-state index contributed by atoms with van der Waals surface area (Å²) in [5, 5.41) is 4.99. The van der Waals surface area contributed by atoms with Crippen LogP contribution in [-0.2, 0) is 20.8 Å². The van der Waals surface area contributed by atoms with E-state index in [1.54, 1.807) is 18.8 Å². The van der Waals surface area contributed by atoms with E-state index in [1.165, 1.54) is 0 Å². The highest BCUT2D eigenvalue weighted by molar-refractivity contribution is 5.84. The third kappa shape index (κ3) is 5.78. The average molecular weight is 251 g/mol. The van der Waals surface area contributed by atoms with Crippen molar-refractivity contribution in [3.05, 3.63) is 18.2 Å². The van der Waals surface area contributed by atoms with E-state index in [0.717, 1.165) is 5.69 Å². The Balaban J connectivity index is 2.06. The van der Waals surface area contributed by atoms with Gasteiger partial charge in [-0.3, -0.25) is 14.4 Å². The zero-order valence-electron chi connectivity index (χ0n) is 9.86. The maximum absolute atomic E-state index is 11.4. The summed E-state index contributed by atoms with van der Waals surface area (Å²) in [6.07, 6.45) is 5.69. The molecule has 1 radical (unpaired) electrons. The Morgan fingerprint density at radius 2 is 2.00 bits per heavy atom. The van der Waals surface area contributed by atoms with Crippen LogP contribution in [0.1, 0.15) is 18.5 Å². The summed E-state index contributed by atoms with van der Waals surface area (Å²) in [6, 6.07) is 0. The van der Waals surface area contributed by atoms with Gasteiger partial charge in [0.15, 0.2) is 0 Å². The quantitative estimate of drug-likeness (QED) is 0.555. The predicted octanol–water partition coefficient (Wildman–Crippen LogP) is -0.925. The number of hydrogen-bond donors (Lipinski definition) is 3. The molecule has 1 heterocycles. The lowest BCUT2D eigenvalue weighted by Crippen LogP contribution is -2.29. The Kier molecular flexibility index (Phi) is 6.16. The molecule has 0 aromatic carbocycles. The van der Waals surface area contributed by atoms with Gasteiger partial charge < -0.3 is 15.6 Å². The van der Waals surface area contributed by atoms with Gasteiger partial charge in [-0.25, -0.2) is 4.98 Å². The van der Waals surface area contributed by atoms with E-state index in [9.17, 15) is 14.4 Å². The first-order valence-corrected chi connectivity index (χ1v) is 5.58. The molecule has 18 heavy (non-hydrogen) atoms. The summed E-state index contributed by atoms with van der Waals surface area (Å²) in [6.45, 7) is 0.340. The van der Waals surface area contributed by atoms with Gasteiger partial charge in [0.05, 0.1) is 18.6 Å². The molecule has 0 saturated heterocycles. The van der Waals surface area contributed by atoms with E-state index in [-0.39, 0.29) is 31.2 Å². The van der Waals surface area contributed by atoms with Gasteiger partial charge in [0.1, 0.15) is 0 Å². The summed E-state index contributed by atoms with van der Waals surface area (Å²) < 4.78 is 0. The molecule has 0 saturated carbocycles. The molecule has 1 aromatic rings. The topological polar surface area (TPSA) is 104 Å². The van der Waals surface area contributed by atoms with E-state index in [2.05, 4.69) is 20.6 Å². The number of rotatable bonds is 8. The number of H-pyrrole nitrogens is 1. The minimum absolute atomic E-state index is 0.0654. The summed E-state index contributed by atoms with van der Waals surface area (Å²) in [5.41, 5.74) is 0.870. The molecule has 0 aliphatic heterocycles. The van der Waals surface area contributed by atoms with E-state index in [4.69, 9.17) is 0 Å². The number of amides is 2. The third-order valence-corrected chi connectivity index (χ3v) is 2.20. The van der Waals surface area contributed by atoms with Crippen molar-refractivity contribution in [1.82, 2.24) is 20.6 Å². The number of nitrogens with one attached hydrogen (secondary N) is 3. The average Bonchev–Trinajstić information content (AvgIpc) is 2.87. The van der Waals surface area contributed by atoms with Crippen LogP contribution in [0.15, 0.2) is 12.5 Å². The number of imidazole rings is 1. The number of aromatic nitrogens is 2. The number of hydrogen-bond acceptors (Lipinski definition) is 4. The largest absolute Gasteiger partial charge is 0.356 e. The number of nitrogens with zero attached hydrogens (tertiary/aromatic N) is 1. The molecule has 2 amide bonds. The zero-order chi connectivity index (χ0) is 13.2. The van der Waals surface area contributed by atoms with Gasteiger partial charge in [-0.15, -0.1) is 0 Å². The molecule has 7 nitrogen and oxygen atoms in total. The molecule has 0 aliphatic rings. The van der Waals surface area contributed by atoms with Crippen molar-refractivity contribution in [2.24, 2.45) is 0 Å². The standard InChI is InChI=1S/C11H15N4O3/c16-6-5-14-11(18)2-1-10(17)13-4-3-9-7-12-8-15-9/h7-8H,1-5H2,(H,12,15)(H,13,17)(H,14,18). The molecule has 0 spiro atoms. The van der Waals surface area contributed by atoms with Gasteiger partial charge >= 0.3 is 0 Å². The minimum atomic E-state index is -0.333. The fourth-order valence-corrected chi connectivity index (χ4v) is 1.30. The van der Waals surface area contributed by atoms with Gasteiger partial charge in [0, 0.05) is 32.0 Å². The Morgan fingerprint density at radius 3 is 2.61 bits per heavy atom. The molecule has 0 bridgehead atoms. The van der Waals surface area contributed by atoms with Gasteiger partial charge in [0.2, 0.25) is 18.1 Å². The highest BCUT2D eigenvalue weighted by Crippen LogP contribution is 1.92. The minimum Gasteiger partial charge on any atom is -0.356 e. The van der Waals surface area contributed by atoms with Gasteiger partial charge in [0.25, 0.3) is 0 Å². The molecule has 7 heteroatoms. The van der Waals surface area contributed by atoms with Crippen LogP contribution in [0.5, 0.6) is 0 Å². The Bertz CT molecular complexity index is 389. The first-order valence-electron chi connectivity index (χ1n) is 5.58. The zero-order valence-corrected chi connectivity index (χ0v) is 9.86. The second-order valence-electron chi connectivity index (χ2n) is 3.58. The van der Waals surface area contributed by atoms with Crippen LogP contribution < -0.4 is 10.6 Å². The number of aromatic amines is 1. The van der Waals surface area contributed by atoms with Gasteiger partial charge in [-0.1, -0.05) is 0 Å². The highest BCUT2D eigenvalue weighted by atomic mass is 16.2. The molecule has 3 N–H and O–H groups in total. The Labute approximate surface area is 104 Å². The Morgan fingerprint density at radius 1 is 1.28 bits per heavy atom. The van der Waals surface area contributed by atoms with Crippen molar-refractivity contribution in [1.29, 1.82) is 0 Å². The normalized spacial score (nSPS) is 9.78. The first kappa shape index (κ1) is 13.9. The van der Waals surface area contributed by atoms with Crippen LogP contribution in [0.25, 0.3) is 0 Å². The van der Waals surface area contributed by atoms with Crippen molar-refractivity contribution in [3.8, 4) is 0 Å². The van der Waals surface area contributed by atoms with Crippen molar-refractivity contribution < 1.29 is 14.4 Å². The Hall–Kier alpha value is -2.18. The van der Waals surface area contributed by atoms with E-state index < -0.39 is 0 Å². The summed E-state index contributed by atoms with van der Waals surface area (Å²) >= 11 is 0. The molecule has 0 atom stereocenters. The van der Waals surface area contributed by atoms with Crippen molar-refractivity contribution in [3.63, 3.8) is 0 Å². The fraction of sp³-hybridized carbons (Fsp3) is 0.455. The lowest BCUT2D eigenvalue weighted by atomic mass is 10.2. The summed E-state index contributed by atoms with van der Waals surface area (Å²) in [4.78, 5) is 39.1. The molecule has 0 aliphatic carbocycles. The summed E-state index contributed by atoms with van der Waals surface area (Å²) in [7, 11) is 0. The van der Waals surface area contributed by atoms with E-state index in [1.807, 2.05) is 0 Å². The lowest BCUT2D eigenvalue weighted by Gasteiger charge is -2.04. The summed E-state index contributed by atoms with van der Waals surface area (Å²) in [5.74, 6) is -0.531. The second-order valence-corrected chi connectivity index (χ2v) is 3.58. The van der Waals surface area contributed by atoms with Crippen molar-refractivity contribution in [2.75, 3.05) is 13.1 Å². The molecule has 0 unspecified atom stereocenters. The lowest BCUT2D eigenvalue weighted by molar-refractivity contribution is -0.126. The maximum atomic E-state index is 11.4. The molecular weight excluding hydrogens is 236 g/mol. The van der Waals surface area contributed by atoms with Crippen LogP contribution >= 0.6 is 0 Å². The van der Waals surface area contributed by atoms with Crippen LogP contribution in [0.4, 0.5) is 0 Å². The molecule has 97 valence electrons. The first-order chi connectivity index (χ1) is 8.72. The third-order valence-electron chi connectivity index (χ3n) is 2.20. The molecule has 0 fully saturated rings. The highest BCUT2D eigenvalue weighted by Gasteiger charge is 2.06. The van der Waals surface area contributed by atoms with Crippen LogP contribution in [0.3, 0.4) is 0 Å². The van der Waals surface area contributed by atoms with Gasteiger partial charge in [-0.05, 0) is 0 Å².